The van der Waals surface area contributed by atoms with Crippen molar-refractivity contribution in [2.75, 3.05) is 0 Å². The van der Waals surface area contributed by atoms with Crippen LogP contribution < -0.4 is 0 Å². The second-order valence-corrected chi connectivity index (χ2v) is 5.03. The molecule has 0 fully saturated rings. The summed E-state index contributed by atoms with van der Waals surface area (Å²) in [5, 5.41) is 5.20. The van der Waals surface area contributed by atoms with Gasteiger partial charge in [-0.3, -0.25) is 0 Å². The minimum atomic E-state index is 0.826. The fourth-order valence-corrected chi connectivity index (χ4v) is 3.91. The molecule has 3 heteroatoms. The highest BCUT2D eigenvalue weighted by molar-refractivity contribution is 9.08. The Kier molecular flexibility index (Phi) is 3.15. The molecule has 1 aromatic carbocycles. The monoisotopic (exact) mass is 288 g/mol. The van der Waals surface area contributed by atoms with Gasteiger partial charge < -0.3 is 0 Å². The van der Waals surface area contributed by atoms with Gasteiger partial charge in [0, 0.05) is 15.1 Å². The van der Waals surface area contributed by atoms with Gasteiger partial charge in [0.05, 0.1) is 0 Å². The maximum atomic E-state index is 6.22. The number of thiophene rings is 1. The maximum absolute atomic E-state index is 6.22. The smallest absolute Gasteiger partial charge is 0.0463 e. The van der Waals surface area contributed by atoms with Crippen molar-refractivity contribution in [1.82, 2.24) is 0 Å². The predicted molar refractivity (Wildman–Crippen MR) is 68.8 cm³/mol. The van der Waals surface area contributed by atoms with Crippen molar-refractivity contribution in [1.29, 1.82) is 0 Å². The SMILES string of the molecule is CCc1cc(Cl)c(CBr)c2sccc12. The Morgan fingerprint density at radius 1 is 1.50 bits per heavy atom. The van der Waals surface area contributed by atoms with Gasteiger partial charge in [0.15, 0.2) is 0 Å². The second kappa shape index (κ2) is 4.21. The third-order valence-electron chi connectivity index (χ3n) is 2.39. The summed E-state index contributed by atoms with van der Waals surface area (Å²) in [5.74, 6) is 0. The normalized spacial score (nSPS) is 11.1. The topological polar surface area (TPSA) is 0 Å². The first-order valence-corrected chi connectivity index (χ1v) is 6.89. The number of alkyl halides is 1. The summed E-state index contributed by atoms with van der Waals surface area (Å²) in [4.78, 5) is 0. The van der Waals surface area contributed by atoms with Crippen molar-refractivity contribution < 1.29 is 0 Å². The highest BCUT2D eigenvalue weighted by Gasteiger charge is 2.09. The van der Waals surface area contributed by atoms with E-state index in [1.807, 2.05) is 0 Å². The molecule has 0 spiro atoms. The molecule has 0 bridgehead atoms. The summed E-state index contributed by atoms with van der Waals surface area (Å²) in [7, 11) is 0. The molecule has 0 radical (unpaired) electrons. The van der Waals surface area contributed by atoms with E-state index in [1.54, 1.807) is 11.3 Å². The van der Waals surface area contributed by atoms with Gasteiger partial charge in [-0.25, -0.2) is 0 Å². The lowest BCUT2D eigenvalue weighted by Crippen LogP contribution is -1.86. The van der Waals surface area contributed by atoms with E-state index in [0.29, 0.717) is 0 Å². The Bertz CT molecular complexity index is 462. The van der Waals surface area contributed by atoms with E-state index >= 15 is 0 Å². The third-order valence-corrected chi connectivity index (χ3v) is 4.26. The molecule has 14 heavy (non-hydrogen) atoms. The highest BCUT2D eigenvalue weighted by atomic mass is 79.9. The molecule has 0 aliphatic rings. The molecule has 0 amide bonds. The van der Waals surface area contributed by atoms with Gasteiger partial charge >= 0.3 is 0 Å². The van der Waals surface area contributed by atoms with Crippen LogP contribution in [0.1, 0.15) is 18.1 Å². The van der Waals surface area contributed by atoms with Crippen LogP contribution in [0.3, 0.4) is 0 Å². The van der Waals surface area contributed by atoms with Crippen LogP contribution in [-0.4, -0.2) is 0 Å². The molecule has 0 aliphatic carbocycles. The van der Waals surface area contributed by atoms with Crippen molar-refractivity contribution in [2.45, 2.75) is 18.7 Å². The molecule has 0 N–H and O–H groups in total. The predicted octanol–water partition coefficient (Wildman–Crippen LogP) is 5.01. The fraction of sp³-hybridized carbons (Fsp3) is 0.273. The Hall–Kier alpha value is -0.0500. The van der Waals surface area contributed by atoms with E-state index in [4.69, 9.17) is 11.6 Å². The van der Waals surface area contributed by atoms with E-state index in [0.717, 1.165) is 16.8 Å². The number of hydrogen-bond donors (Lipinski definition) is 0. The summed E-state index contributed by atoms with van der Waals surface area (Å²) in [5.41, 5.74) is 2.56. The summed E-state index contributed by atoms with van der Waals surface area (Å²) in [6.45, 7) is 2.16. The first-order valence-electron chi connectivity index (χ1n) is 4.51. The molecule has 74 valence electrons. The largest absolute Gasteiger partial charge is 0.143 e. The maximum Gasteiger partial charge on any atom is 0.0463 e. The van der Waals surface area contributed by atoms with E-state index in [1.165, 1.54) is 21.2 Å². The van der Waals surface area contributed by atoms with Gasteiger partial charge in [-0.1, -0.05) is 34.5 Å². The Balaban J connectivity index is 2.81. The zero-order valence-electron chi connectivity index (χ0n) is 7.81. The molecule has 0 saturated carbocycles. The standard InChI is InChI=1S/C11H10BrClS/c1-2-7-5-10(13)9(6-12)11-8(7)3-4-14-11/h3-5H,2,6H2,1H3. The van der Waals surface area contributed by atoms with E-state index < -0.39 is 0 Å². The van der Waals surface area contributed by atoms with Crippen LogP contribution in [-0.2, 0) is 11.8 Å². The molecule has 0 atom stereocenters. The van der Waals surface area contributed by atoms with Crippen LogP contribution in [0.2, 0.25) is 5.02 Å². The third kappa shape index (κ3) is 1.60. The lowest BCUT2D eigenvalue weighted by Gasteiger charge is -2.06. The molecule has 0 saturated heterocycles. The van der Waals surface area contributed by atoms with Crippen molar-refractivity contribution >= 4 is 49.0 Å². The van der Waals surface area contributed by atoms with Crippen molar-refractivity contribution in [3.63, 3.8) is 0 Å². The minimum absolute atomic E-state index is 0.826. The Morgan fingerprint density at radius 3 is 2.93 bits per heavy atom. The number of rotatable bonds is 2. The van der Waals surface area contributed by atoms with Crippen LogP contribution in [0.4, 0.5) is 0 Å². The molecule has 2 aromatic rings. The number of benzene rings is 1. The highest BCUT2D eigenvalue weighted by Crippen LogP contribution is 2.34. The Morgan fingerprint density at radius 2 is 2.29 bits per heavy atom. The van der Waals surface area contributed by atoms with Crippen molar-refractivity contribution in [3.8, 4) is 0 Å². The second-order valence-electron chi connectivity index (χ2n) is 3.15. The molecular formula is C11H10BrClS. The number of hydrogen-bond acceptors (Lipinski definition) is 1. The van der Waals surface area contributed by atoms with Gasteiger partial charge in [-0.2, -0.15) is 0 Å². The average molecular weight is 290 g/mol. The van der Waals surface area contributed by atoms with E-state index in [2.05, 4.69) is 40.4 Å². The molecule has 0 unspecified atom stereocenters. The zero-order valence-corrected chi connectivity index (χ0v) is 11.0. The van der Waals surface area contributed by atoms with E-state index in [-0.39, 0.29) is 0 Å². The summed E-state index contributed by atoms with van der Waals surface area (Å²) < 4.78 is 1.33. The molecule has 0 aliphatic heterocycles. The molecule has 0 nitrogen and oxygen atoms in total. The molecule has 1 aromatic heterocycles. The van der Waals surface area contributed by atoms with Gasteiger partial charge in [0.1, 0.15) is 0 Å². The number of halogens is 2. The van der Waals surface area contributed by atoms with Crippen LogP contribution in [0.25, 0.3) is 10.1 Å². The zero-order chi connectivity index (χ0) is 10.1. The van der Waals surface area contributed by atoms with Crippen molar-refractivity contribution in [3.05, 3.63) is 33.7 Å². The van der Waals surface area contributed by atoms with Crippen LogP contribution in [0.15, 0.2) is 17.5 Å². The van der Waals surface area contributed by atoms with Gasteiger partial charge in [0.2, 0.25) is 0 Å². The summed E-state index contributed by atoms with van der Waals surface area (Å²) in [6.07, 6.45) is 1.04. The van der Waals surface area contributed by atoms with E-state index in [9.17, 15) is 0 Å². The fourth-order valence-electron chi connectivity index (χ4n) is 1.64. The van der Waals surface area contributed by atoms with Gasteiger partial charge in [-0.05, 0) is 40.4 Å². The van der Waals surface area contributed by atoms with Crippen LogP contribution in [0, 0.1) is 0 Å². The van der Waals surface area contributed by atoms with Crippen LogP contribution in [0.5, 0.6) is 0 Å². The molecule has 2 rings (SSSR count). The average Bonchev–Trinajstić information content (AvgIpc) is 2.65. The van der Waals surface area contributed by atoms with Gasteiger partial charge in [0.25, 0.3) is 0 Å². The number of fused-ring (bicyclic) bond motifs is 1. The first kappa shape index (κ1) is 10.5. The van der Waals surface area contributed by atoms with Crippen molar-refractivity contribution in [2.24, 2.45) is 0 Å². The molecule has 1 heterocycles. The Labute approximate surface area is 101 Å². The quantitative estimate of drug-likeness (QED) is 0.682. The lowest BCUT2D eigenvalue weighted by molar-refractivity contribution is 1.16. The summed E-state index contributed by atoms with van der Waals surface area (Å²) in [6, 6.07) is 4.27. The summed E-state index contributed by atoms with van der Waals surface area (Å²) >= 11 is 11.5. The molecular weight excluding hydrogens is 280 g/mol. The van der Waals surface area contributed by atoms with Gasteiger partial charge in [-0.15, -0.1) is 11.3 Å². The lowest BCUT2D eigenvalue weighted by atomic mass is 10.1. The minimum Gasteiger partial charge on any atom is -0.143 e. The van der Waals surface area contributed by atoms with Crippen LogP contribution >= 0.6 is 38.9 Å². The first-order chi connectivity index (χ1) is 6.77. The number of aryl methyl sites for hydroxylation is 1.